The Morgan fingerprint density at radius 3 is 2.64 bits per heavy atom. The smallest absolute Gasteiger partial charge is 0.243 e. The zero-order valence-electron chi connectivity index (χ0n) is 14.9. The molecule has 10 heteroatoms. The second-order valence-electron chi connectivity index (χ2n) is 6.37. The van der Waals surface area contributed by atoms with Crippen LogP contribution in [0.25, 0.3) is 0 Å². The van der Waals surface area contributed by atoms with Gasteiger partial charge in [-0.25, -0.2) is 19.3 Å². The first-order chi connectivity index (χ1) is 13.2. The summed E-state index contributed by atoms with van der Waals surface area (Å²) in [5.74, 6) is -0.712. The number of phenols is 1. The van der Waals surface area contributed by atoms with Gasteiger partial charge in [-0.05, 0) is 42.3 Å². The second kappa shape index (κ2) is 8.26. The summed E-state index contributed by atoms with van der Waals surface area (Å²) in [7, 11) is -3.46. The van der Waals surface area contributed by atoms with E-state index in [1.807, 2.05) is 0 Å². The molecular formula is C18H19Cl2N3O4S. The molecule has 150 valence electrons. The summed E-state index contributed by atoms with van der Waals surface area (Å²) in [6.45, 7) is 1.52. The first kappa shape index (κ1) is 20.9. The van der Waals surface area contributed by atoms with Crippen molar-refractivity contribution in [3.05, 3.63) is 52.0 Å². The van der Waals surface area contributed by atoms with Crippen molar-refractivity contribution in [2.75, 3.05) is 11.1 Å². The first-order valence-electron chi connectivity index (χ1n) is 8.54. The molecule has 2 aromatic carbocycles. The number of phenolic OH excluding ortho intramolecular Hbond substituents is 1. The monoisotopic (exact) mass is 443 g/mol. The van der Waals surface area contributed by atoms with Crippen LogP contribution in [0, 0.1) is 0 Å². The van der Waals surface area contributed by atoms with Crippen molar-refractivity contribution in [1.29, 1.82) is 0 Å². The van der Waals surface area contributed by atoms with Gasteiger partial charge in [0.1, 0.15) is 11.8 Å². The third kappa shape index (κ3) is 4.42. The molecule has 1 heterocycles. The molecule has 1 saturated heterocycles. The number of aromatic hydroxyl groups is 1. The number of sulfone groups is 1. The van der Waals surface area contributed by atoms with Crippen LogP contribution >= 0.6 is 23.2 Å². The van der Waals surface area contributed by atoms with Crippen molar-refractivity contribution >= 4 is 44.6 Å². The topological polar surface area (TPSA) is 108 Å². The lowest BCUT2D eigenvalue weighted by molar-refractivity contribution is -0.117. The second-order valence-corrected chi connectivity index (χ2v) is 9.49. The molecule has 1 amide bonds. The maximum absolute atomic E-state index is 12.6. The van der Waals surface area contributed by atoms with E-state index in [2.05, 4.69) is 16.2 Å². The fourth-order valence-corrected chi connectivity index (χ4v) is 4.36. The third-order valence-electron chi connectivity index (χ3n) is 4.52. The Hall–Kier alpha value is -1.84. The van der Waals surface area contributed by atoms with E-state index in [0.717, 1.165) is 5.56 Å². The van der Waals surface area contributed by atoms with Crippen LogP contribution in [0.15, 0.2) is 41.3 Å². The van der Waals surface area contributed by atoms with Gasteiger partial charge in [-0.3, -0.25) is 4.79 Å². The number of anilines is 1. The molecule has 3 rings (SSSR count). The van der Waals surface area contributed by atoms with Gasteiger partial charge in [-0.2, -0.15) is 0 Å². The zero-order chi connectivity index (χ0) is 20.5. The van der Waals surface area contributed by atoms with Gasteiger partial charge < -0.3 is 10.4 Å². The van der Waals surface area contributed by atoms with E-state index >= 15 is 0 Å². The quantitative estimate of drug-likeness (QED) is 0.529. The number of amides is 1. The van der Waals surface area contributed by atoms with Crippen LogP contribution in [-0.4, -0.2) is 31.2 Å². The van der Waals surface area contributed by atoms with Crippen molar-refractivity contribution < 1.29 is 18.3 Å². The number of nitrogens with one attached hydrogen (secondary N) is 3. The maximum Gasteiger partial charge on any atom is 0.243 e. The molecule has 0 aromatic heterocycles. The number of carbonyl (C=O) groups excluding carboxylic acids is 1. The van der Waals surface area contributed by atoms with Gasteiger partial charge in [0.15, 0.2) is 9.84 Å². The van der Waals surface area contributed by atoms with E-state index in [-0.39, 0.29) is 28.1 Å². The molecule has 4 N–H and O–H groups in total. The summed E-state index contributed by atoms with van der Waals surface area (Å²) >= 11 is 12.1. The average molecular weight is 444 g/mol. The molecule has 0 bridgehead atoms. The lowest BCUT2D eigenvalue weighted by atomic mass is 10.0. The number of carbonyl (C=O) groups is 1. The Bertz CT molecular complexity index is 1010. The Morgan fingerprint density at radius 2 is 1.96 bits per heavy atom. The molecule has 1 fully saturated rings. The van der Waals surface area contributed by atoms with Gasteiger partial charge in [0.05, 0.1) is 16.3 Å². The molecule has 2 aromatic rings. The molecule has 0 aliphatic carbocycles. The van der Waals surface area contributed by atoms with Crippen LogP contribution in [0.4, 0.5) is 5.69 Å². The van der Waals surface area contributed by atoms with E-state index in [1.54, 1.807) is 18.2 Å². The summed E-state index contributed by atoms with van der Waals surface area (Å²) in [6.07, 6.45) is 0.404. The van der Waals surface area contributed by atoms with E-state index in [4.69, 9.17) is 23.2 Å². The third-order valence-corrected chi connectivity index (χ3v) is 6.82. The van der Waals surface area contributed by atoms with Crippen LogP contribution in [0.1, 0.15) is 24.9 Å². The number of rotatable bonds is 5. The number of benzene rings is 2. The largest absolute Gasteiger partial charge is 0.506 e. The summed E-state index contributed by atoms with van der Waals surface area (Å²) in [5.41, 5.74) is 6.74. The number of hydrazine groups is 1. The van der Waals surface area contributed by atoms with Gasteiger partial charge in [0, 0.05) is 16.1 Å². The van der Waals surface area contributed by atoms with Crippen LogP contribution in [0.5, 0.6) is 5.75 Å². The normalized spacial score (nSPS) is 19.5. The van der Waals surface area contributed by atoms with Gasteiger partial charge in [0.2, 0.25) is 5.91 Å². The van der Waals surface area contributed by atoms with E-state index in [1.165, 1.54) is 25.1 Å². The van der Waals surface area contributed by atoms with Crippen molar-refractivity contribution in [1.82, 2.24) is 10.9 Å². The minimum Gasteiger partial charge on any atom is -0.506 e. The molecule has 0 spiro atoms. The highest BCUT2D eigenvalue weighted by molar-refractivity contribution is 7.91. The summed E-state index contributed by atoms with van der Waals surface area (Å²) in [6, 6.07) is 8.12. The highest BCUT2D eigenvalue weighted by atomic mass is 35.5. The Kier molecular flexibility index (Phi) is 6.16. The molecule has 2 unspecified atom stereocenters. The lowest BCUT2D eigenvalue weighted by Crippen LogP contribution is -2.39. The zero-order valence-corrected chi connectivity index (χ0v) is 17.2. The van der Waals surface area contributed by atoms with Gasteiger partial charge in [-0.15, -0.1) is 0 Å². The minimum absolute atomic E-state index is 0.0337. The fraction of sp³-hybridized carbons (Fsp3) is 0.278. The molecule has 0 radical (unpaired) electrons. The summed E-state index contributed by atoms with van der Waals surface area (Å²) in [5, 5.41) is 13.6. The predicted molar refractivity (Wildman–Crippen MR) is 108 cm³/mol. The minimum atomic E-state index is -3.46. The van der Waals surface area contributed by atoms with Crippen LogP contribution in [0.2, 0.25) is 10.0 Å². The standard InChI is InChI=1S/C18H19Cl2N3O4S/c1-2-28(26,27)11-4-6-17(24)15(8-11)21-18(25)16-9-14(22-23-16)12-5-3-10(19)7-13(12)20/h3-8,14,16,22-24H,2,9H2,1H3,(H,21,25). The summed E-state index contributed by atoms with van der Waals surface area (Å²) in [4.78, 5) is 12.6. The Labute approximate surface area is 172 Å². The molecule has 1 aliphatic heterocycles. The van der Waals surface area contributed by atoms with Crippen molar-refractivity contribution in [2.24, 2.45) is 0 Å². The Morgan fingerprint density at radius 1 is 1.21 bits per heavy atom. The van der Waals surface area contributed by atoms with Crippen LogP contribution in [0.3, 0.4) is 0 Å². The SMILES string of the molecule is CCS(=O)(=O)c1ccc(O)c(NC(=O)C2CC(c3ccc(Cl)cc3Cl)NN2)c1. The lowest BCUT2D eigenvalue weighted by Gasteiger charge is -2.13. The van der Waals surface area contributed by atoms with Gasteiger partial charge in [-0.1, -0.05) is 36.2 Å². The molecular weight excluding hydrogens is 425 g/mol. The predicted octanol–water partition coefficient (Wildman–Crippen LogP) is 3.04. The van der Waals surface area contributed by atoms with Crippen LogP contribution in [-0.2, 0) is 14.6 Å². The maximum atomic E-state index is 12.6. The van der Waals surface area contributed by atoms with Gasteiger partial charge >= 0.3 is 0 Å². The molecule has 28 heavy (non-hydrogen) atoms. The fourth-order valence-electron chi connectivity index (χ4n) is 2.91. The average Bonchev–Trinajstić information content (AvgIpc) is 3.13. The highest BCUT2D eigenvalue weighted by Gasteiger charge is 2.31. The van der Waals surface area contributed by atoms with Crippen LogP contribution < -0.4 is 16.2 Å². The number of hydrogen-bond donors (Lipinski definition) is 4. The number of hydrogen-bond acceptors (Lipinski definition) is 6. The van der Waals surface area contributed by atoms with E-state index in [9.17, 15) is 18.3 Å². The van der Waals surface area contributed by atoms with Crippen molar-refractivity contribution in [3.8, 4) is 5.75 Å². The van der Waals surface area contributed by atoms with E-state index < -0.39 is 21.8 Å². The molecule has 2 atom stereocenters. The summed E-state index contributed by atoms with van der Waals surface area (Å²) < 4.78 is 24.0. The molecule has 0 saturated carbocycles. The molecule has 1 aliphatic rings. The molecule has 7 nitrogen and oxygen atoms in total. The van der Waals surface area contributed by atoms with Crippen molar-refractivity contribution in [2.45, 2.75) is 30.3 Å². The van der Waals surface area contributed by atoms with Crippen molar-refractivity contribution in [3.63, 3.8) is 0 Å². The van der Waals surface area contributed by atoms with E-state index in [0.29, 0.717) is 16.5 Å². The van der Waals surface area contributed by atoms with Gasteiger partial charge in [0.25, 0.3) is 0 Å². The Balaban J connectivity index is 1.73. The first-order valence-corrected chi connectivity index (χ1v) is 10.9. The number of halogens is 2. The highest BCUT2D eigenvalue weighted by Crippen LogP contribution is 2.32.